The first-order chi connectivity index (χ1) is 10.3. The molecule has 0 aromatic heterocycles. The van der Waals surface area contributed by atoms with Crippen LogP contribution in [0.1, 0.15) is 57.1 Å². The van der Waals surface area contributed by atoms with Gasteiger partial charge in [0.25, 0.3) is 0 Å². The number of benzene rings is 1. The van der Waals surface area contributed by atoms with Gasteiger partial charge >= 0.3 is 0 Å². The first-order valence-electron chi connectivity index (χ1n) is 8.43. The minimum absolute atomic E-state index is 0.298. The van der Waals surface area contributed by atoms with Gasteiger partial charge in [0, 0.05) is 24.8 Å². The third-order valence-corrected chi connectivity index (χ3v) is 4.66. The molecular formula is C18H27NO2. The van der Waals surface area contributed by atoms with Gasteiger partial charge in [0.1, 0.15) is 5.75 Å². The summed E-state index contributed by atoms with van der Waals surface area (Å²) in [4.78, 5) is 0. The van der Waals surface area contributed by atoms with Gasteiger partial charge in [-0.15, -0.1) is 0 Å². The van der Waals surface area contributed by atoms with Crippen LogP contribution >= 0.6 is 0 Å². The molecule has 0 bridgehead atoms. The molecule has 21 heavy (non-hydrogen) atoms. The van der Waals surface area contributed by atoms with E-state index in [9.17, 15) is 0 Å². The Kier molecular flexibility index (Phi) is 5.15. The van der Waals surface area contributed by atoms with Crippen molar-refractivity contribution in [2.45, 2.75) is 63.7 Å². The van der Waals surface area contributed by atoms with Crippen LogP contribution in [0.3, 0.4) is 0 Å². The molecule has 2 fully saturated rings. The maximum absolute atomic E-state index is 6.23. The van der Waals surface area contributed by atoms with Crippen LogP contribution in [0.5, 0.6) is 5.75 Å². The van der Waals surface area contributed by atoms with Crippen molar-refractivity contribution in [1.82, 2.24) is 5.32 Å². The monoisotopic (exact) mass is 289 g/mol. The molecule has 1 aliphatic heterocycles. The Morgan fingerprint density at radius 1 is 1.19 bits per heavy atom. The summed E-state index contributed by atoms with van der Waals surface area (Å²) in [6, 6.07) is 8.75. The van der Waals surface area contributed by atoms with E-state index in [1.54, 1.807) is 0 Å². The van der Waals surface area contributed by atoms with Crippen molar-refractivity contribution in [2.24, 2.45) is 0 Å². The first-order valence-corrected chi connectivity index (χ1v) is 8.43. The molecule has 116 valence electrons. The maximum atomic E-state index is 6.23. The molecule has 1 saturated heterocycles. The highest BCUT2D eigenvalue weighted by Gasteiger charge is 2.20. The van der Waals surface area contributed by atoms with Gasteiger partial charge in [-0.3, -0.25) is 0 Å². The van der Waals surface area contributed by atoms with Crippen LogP contribution in [-0.2, 0) is 4.74 Å². The van der Waals surface area contributed by atoms with Crippen molar-refractivity contribution in [3.63, 3.8) is 0 Å². The SMILES string of the molecule is C[C@@H](NC[C@H]1CCCO1)c1ccccc1OC1CCCC1. The molecule has 2 aliphatic rings. The average Bonchev–Trinajstić information content (AvgIpc) is 3.18. The van der Waals surface area contributed by atoms with Crippen LogP contribution in [0, 0.1) is 0 Å². The molecule has 1 aromatic rings. The minimum atomic E-state index is 0.298. The Morgan fingerprint density at radius 3 is 2.76 bits per heavy atom. The second kappa shape index (κ2) is 7.28. The molecule has 1 saturated carbocycles. The molecule has 3 rings (SSSR count). The van der Waals surface area contributed by atoms with E-state index in [1.807, 2.05) is 0 Å². The molecule has 0 amide bonds. The predicted octanol–water partition coefficient (Wildman–Crippen LogP) is 3.84. The number of nitrogens with one attached hydrogen (secondary N) is 1. The fourth-order valence-corrected chi connectivity index (χ4v) is 3.35. The van der Waals surface area contributed by atoms with Crippen LogP contribution in [0.4, 0.5) is 0 Å². The Hall–Kier alpha value is -1.06. The van der Waals surface area contributed by atoms with Gasteiger partial charge in [-0.1, -0.05) is 18.2 Å². The Labute approximate surface area is 128 Å². The smallest absolute Gasteiger partial charge is 0.124 e. The lowest BCUT2D eigenvalue weighted by molar-refractivity contribution is 0.107. The van der Waals surface area contributed by atoms with Crippen LogP contribution in [-0.4, -0.2) is 25.4 Å². The van der Waals surface area contributed by atoms with Gasteiger partial charge in [-0.2, -0.15) is 0 Å². The lowest BCUT2D eigenvalue weighted by Crippen LogP contribution is -2.29. The van der Waals surface area contributed by atoms with Crippen molar-refractivity contribution < 1.29 is 9.47 Å². The quantitative estimate of drug-likeness (QED) is 0.863. The molecule has 3 nitrogen and oxygen atoms in total. The van der Waals surface area contributed by atoms with E-state index in [0.717, 1.165) is 18.9 Å². The summed E-state index contributed by atoms with van der Waals surface area (Å²) in [5, 5.41) is 3.60. The first kappa shape index (κ1) is 14.9. The van der Waals surface area contributed by atoms with Gasteiger partial charge < -0.3 is 14.8 Å². The normalized spacial score (nSPS) is 24.3. The molecule has 1 heterocycles. The second-order valence-corrected chi connectivity index (χ2v) is 6.33. The molecule has 1 aliphatic carbocycles. The lowest BCUT2D eigenvalue weighted by Gasteiger charge is -2.22. The number of ether oxygens (including phenoxy) is 2. The van der Waals surface area contributed by atoms with E-state index in [2.05, 4.69) is 36.5 Å². The maximum Gasteiger partial charge on any atom is 0.124 e. The van der Waals surface area contributed by atoms with Gasteiger partial charge in [0.2, 0.25) is 0 Å². The van der Waals surface area contributed by atoms with E-state index in [-0.39, 0.29) is 0 Å². The topological polar surface area (TPSA) is 30.5 Å². The van der Waals surface area contributed by atoms with Crippen LogP contribution < -0.4 is 10.1 Å². The van der Waals surface area contributed by atoms with E-state index in [1.165, 1.54) is 44.1 Å². The number of rotatable bonds is 6. The molecule has 2 atom stereocenters. The zero-order valence-corrected chi connectivity index (χ0v) is 13.0. The summed E-state index contributed by atoms with van der Waals surface area (Å²) in [6.07, 6.45) is 8.19. The molecule has 0 spiro atoms. The number of hydrogen-bond donors (Lipinski definition) is 1. The Bertz CT molecular complexity index is 437. The zero-order valence-electron chi connectivity index (χ0n) is 13.0. The molecular weight excluding hydrogens is 262 g/mol. The van der Waals surface area contributed by atoms with E-state index in [4.69, 9.17) is 9.47 Å². The Morgan fingerprint density at radius 2 is 2.00 bits per heavy atom. The Balaban J connectivity index is 1.59. The summed E-state index contributed by atoms with van der Waals surface area (Å²) in [5.74, 6) is 1.05. The molecule has 3 heteroatoms. The predicted molar refractivity (Wildman–Crippen MR) is 84.7 cm³/mol. The zero-order chi connectivity index (χ0) is 14.5. The summed E-state index contributed by atoms with van der Waals surface area (Å²) in [7, 11) is 0. The van der Waals surface area contributed by atoms with Crippen molar-refractivity contribution in [2.75, 3.05) is 13.2 Å². The molecule has 0 radical (unpaired) electrons. The van der Waals surface area contributed by atoms with Crippen molar-refractivity contribution >= 4 is 0 Å². The summed E-state index contributed by atoms with van der Waals surface area (Å²) >= 11 is 0. The van der Waals surface area contributed by atoms with Crippen molar-refractivity contribution in [3.05, 3.63) is 29.8 Å². The number of hydrogen-bond acceptors (Lipinski definition) is 3. The van der Waals surface area contributed by atoms with Crippen molar-refractivity contribution in [1.29, 1.82) is 0 Å². The minimum Gasteiger partial charge on any atom is -0.490 e. The highest BCUT2D eigenvalue weighted by molar-refractivity contribution is 5.35. The van der Waals surface area contributed by atoms with Gasteiger partial charge in [0.15, 0.2) is 0 Å². The summed E-state index contributed by atoms with van der Waals surface area (Å²) < 4.78 is 11.9. The van der Waals surface area contributed by atoms with Gasteiger partial charge in [-0.05, 0) is 51.5 Å². The van der Waals surface area contributed by atoms with Crippen LogP contribution in [0.2, 0.25) is 0 Å². The average molecular weight is 289 g/mol. The van der Waals surface area contributed by atoms with Crippen molar-refractivity contribution in [3.8, 4) is 5.75 Å². The summed E-state index contributed by atoms with van der Waals surface area (Å²) in [6.45, 7) is 4.06. The molecule has 1 N–H and O–H groups in total. The fraction of sp³-hybridized carbons (Fsp3) is 0.667. The largest absolute Gasteiger partial charge is 0.490 e. The van der Waals surface area contributed by atoms with E-state index >= 15 is 0 Å². The van der Waals surface area contributed by atoms with E-state index < -0.39 is 0 Å². The van der Waals surface area contributed by atoms with E-state index in [0.29, 0.717) is 18.2 Å². The molecule has 0 unspecified atom stereocenters. The third-order valence-electron chi connectivity index (χ3n) is 4.66. The van der Waals surface area contributed by atoms with Gasteiger partial charge in [-0.25, -0.2) is 0 Å². The standard InChI is InChI=1S/C18H27NO2/c1-14(19-13-16-9-6-12-20-16)17-10-4-5-11-18(17)21-15-7-2-3-8-15/h4-5,10-11,14-16,19H,2-3,6-9,12-13H2,1H3/t14-,16-/m1/s1. The van der Waals surface area contributed by atoms with Crippen LogP contribution in [0.15, 0.2) is 24.3 Å². The highest BCUT2D eigenvalue weighted by atomic mass is 16.5. The third kappa shape index (κ3) is 3.98. The summed E-state index contributed by atoms with van der Waals surface area (Å²) in [5.41, 5.74) is 1.27. The van der Waals surface area contributed by atoms with Gasteiger partial charge in [0.05, 0.1) is 12.2 Å². The fourth-order valence-electron chi connectivity index (χ4n) is 3.35. The molecule has 1 aromatic carbocycles. The lowest BCUT2D eigenvalue weighted by atomic mass is 10.1. The second-order valence-electron chi connectivity index (χ2n) is 6.33. The number of para-hydroxylation sites is 1. The highest BCUT2D eigenvalue weighted by Crippen LogP contribution is 2.30. The van der Waals surface area contributed by atoms with Crippen LogP contribution in [0.25, 0.3) is 0 Å².